The molecule has 0 bridgehead atoms. The normalized spacial score (nSPS) is 11.8. The molecule has 24 heteroatoms. The minimum absolute atomic E-state index is 0.0566. The summed E-state index contributed by atoms with van der Waals surface area (Å²) in [4.78, 5) is 44.5. The van der Waals surface area contributed by atoms with E-state index in [-0.39, 0.29) is 25.7 Å². The molecule has 1 atom stereocenters. The molecule has 0 saturated carbocycles. The first-order chi connectivity index (χ1) is 31.9. The number of carbonyl (C=O) groups is 4. The fraction of sp³-hybridized carbons (Fsp3) is 0.902. The standard InChI is InChI=1S/C41H80N4O20/c1-43-37(41(42)50)3-2-4-44-39(47)36-65-34-33-64-32-31-63-30-29-62-28-27-61-26-25-60-24-23-59-22-21-58-20-19-57-18-17-56-16-15-55-14-13-54-12-11-53-10-9-52-8-7-51-6-5-45-38(46)35-40(48)49/h37,43H,2-36H2,1H3,(H2,42,50)(H,44,47)(H,45,46)(H,48,49). The monoisotopic (exact) mass is 949 g/mol. The van der Waals surface area contributed by atoms with E-state index in [0.717, 1.165) is 0 Å². The predicted molar refractivity (Wildman–Crippen MR) is 232 cm³/mol. The third-order valence-corrected chi connectivity index (χ3v) is 8.01. The van der Waals surface area contributed by atoms with Crippen LogP contribution >= 0.6 is 0 Å². The van der Waals surface area contributed by atoms with Crippen LogP contribution in [0.3, 0.4) is 0 Å². The maximum atomic E-state index is 11.8. The number of amides is 3. The fourth-order valence-corrected chi connectivity index (χ4v) is 4.72. The first-order valence-electron chi connectivity index (χ1n) is 22.2. The Labute approximate surface area is 383 Å². The highest BCUT2D eigenvalue weighted by Crippen LogP contribution is 1.95. The van der Waals surface area contributed by atoms with Crippen molar-refractivity contribution in [2.45, 2.75) is 25.3 Å². The lowest BCUT2D eigenvalue weighted by Gasteiger charge is -2.12. The number of nitrogens with two attached hydrogens (primary N) is 1. The van der Waals surface area contributed by atoms with Crippen LogP contribution in [-0.2, 0) is 90.2 Å². The molecule has 65 heavy (non-hydrogen) atoms. The maximum Gasteiger partial charge on any atom is 0.312 e. The summed E-state index contributed by atoms with van der Waals surface area (Å²) in [6.07, 6.45) is 0.624. The molecule has 0 rings (SSSR count). The average molecular weight is 949 g/mol. The van der Waals surface area contributed by atoms with Crippen molar-refractivity contribution in [3.8, 4) is 0 Å². The third kappa shape index (κ3) is 52.1. The van der Waals surface area contributed by atoms with Gasteiger partial charge in [0.2, 0.25) is 17.7 Å². The zero-order valence-electron chi connectivity index (χ0n) is 38.6. The Bertz CT molecular complexity index is 1070. The van der Waals surface area contributed by atoms with Crippen LogP contribution in [0.2, 0.25) is 0 Å². The van der Waals surface area contributed by atoms with E-state index >= 15 is 0 Å². The largest absolute Gasteiger partial charge is 0.481 e. The number of ether oxygens (including phenoxy) is 15. The topological polar surface area (TPSA) is 289 Å². The molecular formula is C41H80N4O20. The van der Waals surface area contributed by atoms with E-state index in [1.165, 1.54) is 0 Å². The van der Waals surface area contributed by atoms with Gasteiger partial charge in [-0.1, -0.05) is 0 Å². The van der Waals surface area contributed by atoms with Gasteiger partial charge in [0.25, 0.3) is 0 Å². The van der Waals surface area contributed by atoms with Gasteiger partial charge in [0.05, 0.1) is 198 Å². The Hall–Kier alpha value is -2.76. The van der Waals surface area contributed by atoms with Crippen LogP contribution in [-0.4, -0.2) is 253 Å². The number of aliphatic carboxylic acids is 1. The highest BCUT2D eigenvalue weighted by atomic mass is 16.6. The van der Waals surface area contributed by atoms with E-state index in [9.17, 15) is 19.2 Å². The van der Waals surface area contributed by atoms with E-state index in [2.05, 4.69) is 16.0 Å². The highest BCUT2D eigenvalue weighted by Gasteiger charge is 2.12. The Morgan fingerprint density at radius 3 is 0.923 bits per heavy atom. The van der Waals surface area contributed by atoms with Crippen molar-refractivity contribution in [3.05, 3.63) is 0 Å². The van der Waals surface area contributed by atoms with E-state index in [1.54, 1.807) is 7.05 Å². The number of primary amides is 1. The van der Waals surface area contributed by atoms with Gasteiger partial charge >= 0.3 is 5.97 Å². The van der Waals surface area contributed by atoms with Crippen molar-refractivity contribution in [1.29, 1.82) is 0 Å². The molecule has 0 aliphatic heterocycles. The number of carboxylic acid groups (broad SMARTS) is 1. The van der Waals surface area contributed by atoms with Gasteiger partial charge in [0, 0.05) is 13.1 Å². The molecule has 0 radical (unpaired) electrons. The molecule has 3 amide bonds. The van der Waals surface area contributed by atoms with Crippen molar-refractivity contribution in [2.24, 2.45) is 5.73 Å². The summed E-state index contributed by atoms with van der Waals surface area (Å²) in [6, 6.07) is -0.400. The molecule has 0 saturated heterocycles. The molecule has 0 aliphatic carbocycles. The number of carbonyl (C=O) groups excluding carboxylic acids is 3. The van der Waals surface area contributed by atoms with Crippen LogP contribution < -0.4 is 21.7 Å². The smallest absolute Gasteiger partial charge is 0.312 e. The SMILES string of the molecule is CNC(CCCNC(=O)COCCOCCOCCOCCOCCOCCOCCOCCOCCOCCOCCOCCOCCOCCOCCNC(=O)CC(=O)O)C(N)=O. The molecule has 0 aromatic carbocycles. The molecule has 384 valence electrons. The molecule has 6 N–H and O–H groups in total. The molecule has 0 heterocycles. The lowest BCUT2D eigenvalue weighted by Crippen LogP contribution is -2.39. The Morgan fingerprint density at radius 1 is 0.400 bits per heavy atom. The molecule has 0 aromatic rings. The second kappa shape index (κ2) is 52.2. The van der Waals surface area contributed by atoms with E-state index in [1.807, 2.05) is 0 Å². The van der Waals surface area contributed by atoms with Gasteiger partial charge < -0.3 is 97.8 Å². The summed E-state index contributed by atoms with van der Waals surface area (Å²) in [6.45, 7) is 13.2. The first kappa shape index (κ1) is 62.2. The number of rotatable bonds is 55. The number of hydrogen-bond acceptors (Lipinski definition) is 20. The van der Waals surface area contributed by atoms with Crippen LogP contribution in [0, 0.1) is 0 Å². The van der Waals surface area contributed by atoms with Crippen LogP contribution in [0.4, 0.5) is 0 Å². The lowest BCUT2D eigenvalue weighted by atomic mass is 10.1. The van der Waals surface area contributed by atoms with Crippen LogP contribution in [0.15, 0.2) is 0 Å². The molecule has 24 nitrogen and oxygen atoms in total. The number of carboxylic acids is 1. The van der Waals surface area contributed by atoms with E-state index < -0.39 is 30.2 Å². The van der Waals surface area contributed by atoms with Gasteiger partial charge in [0.1, 0.15) is 13.0 Å². The Morgan fingerprint density at radius 2 is 0.662 bits per heavy atom. The summed E-state index contributed by atoms with van der Waals surface area (Å²) in [7, 11) is 1.67. The highest BCUT2D eigenvalue weighted by molar-refractivity contribution is 5.93. The lowest BCUT2D eigenvalue weighted by molar-refractivity contribution is -0.140. The summed E-state index contributed by atoms with van der Waals surface area (Å²) in [5.74, 6) is -2.35. The van der Waals surface area contributed by atoms with Gasteiger partial charge in [-0.05, 0) is 19.9 Å². The number of nitrogens with one attached hydrogen (secondary N) is 3. The zero-order chi connectivity index (χ0) is 47.4. The average Bonchev–Trinajstić information content (AvgIpc) is 3.28. The predicted octanol–water partition coefficient (Wildman–Crippen LogP) is -2.20. The maximum absolute atomic E-state index is 11.8. The minimum atomic E-state index is -1.17. The van der Waals surface area contributed by atoms with Crippen molar-refractivity contribution >= 4 is 23.7 Å². The summed E-state index contributed by atoms with van der Waals surface area (Å²) in [5.41, 5.74) is 5.26. The zero-order valence-corrected chi connectivity index (χ0v) is 38.6. The quantitative estimate of drug-likeness (QED) is 0.0319. The second-order valence-electron chi connectivity index (χ2n) is 13.3. The van der Waals surface area contributed by atoms with E-state index in [4.69, 9.17) is 81.9 Å². The summed E-state index contributed by atoms with van der Waals surface area (Å²) < 4.78 is 81.6. The Balaban J connectivity index is 3.14. The van der Waals surface area contributed by atoms with Crippen molar-refractivity contribution in [2.75, 3.05) is 218 Å². The second-order valence-corrected chi connectivity index (χ2v) is 13.3. The van der Waals surface area contributed by atoms with Crippen LogP contribution in [0.5, 0.6) is 0 Å². The van der Waals surface area contributed by atoms with Crippen molar-refractivity contribution in [1.82, 2.24) is 16.0 Å². The summed E-state index contributed by atoms with van der Waals surface area (Å²) in [5, 5.41) is 16.5. The molecular weight excluding hydrogens is 868 g/mol. The van der Waals surface area contributed by atoms with Crippen LogP contribution in [0.25, 0.3) is 0 Å². The molecule has 0 fully saturated rings. The van der Waals surface area contributed by atoms with Crippen molar-refractivity contribution in [3.63, 3.8) is 0 Å². The fourth-order valence-electron chi connectivity index (χ4n) is 4.72. The van der Waals surface area contributed by atoms with Gasteiger partial charge in [-0.25, -0.2) is 0 Å². The minimum Gasteiger partial charge on any atom is -0.481 e. The van der Waals surface area contributed by atoms with Gasteiger partial charge in [-0.2, -0.15) is 0 Å². The number of hydrogen-bond donors (Lipinski definition) is 5. The van der Waals surface area contributed by atoms with Crippen LogP contribution in [0.1, 0.15) is 19.3 Å². The summed E-state index contributed by atoms with van der Waals surface area (Å²) >= 11 is 0. The molecule has 0 aromatic heterocycles. The van der Waals surface area contributed by atoms with Gasteiger partial charge in [-0.3, -0.25) is 19.2 Å². The third-order valence-electron chi connectivity index (χ3n) is 8.01. The molecule has 1 unspecified atom stereocenters. The van der Waals surface area contributed by atoms with Gasteiger partial charge in [-0.15, -0.1) is 0 Å². The van der Waals surface area contributed by atoms with Crippen molar-refractivity contribution < 1.29 is 95.3 Å². The molecule has 0 spiro atoms. The molecule has 0 aliphatic rings. The first-order valence-corrected chi connectivity index (χ1v) is 22.2. The van der Waals surface area contributed by atoms with E-state index in [0.29, 0.717) is 204 Å². The number of likely N-dealkylation sites (N-methyl/N-ethyl adjacent to an activating group) is 1. The van der Waals surface area contributed by atoms with Gasteiger partial charge in [0.15, 0.2) is 0 Å². The Kier molecular flexibility index (Phi) is 50.0.